The van der Waals surface area contributed by atoms with Crippen molar-refractivity contribution in [3.63, 3.8) is 0 Å². The molecule has 2 aromatic rings. The Labute approximate surface area is 177 Å². The summed E-state index contributed by atoms with van der Waals surface area (Å²) in [6.45, 7) is 3.62. The number of nitrogens with one attached hydrogen (secondary N) is 1. The third-order valence-electron chi connectivity index (χ3n) is 5.50. The summed E-state index contributed by atoms with van der Waals surface area (Å²) in [5, 5.41) is 4.14. The van der Waals surface area contributed by atoms with E-state index in [2.05, 4.69) is 12.2 Å². The molecule has 3 rings (SSSR count). The summed E-state index contributed by atoms with van der Waals surface area (Å²) in [5.74, 6) is -0.110. The molecule has 1 amide bonds. The van der Waals surface area contributed by atoms with Crippen LogP contribution in [0.2, 0.25) is 5.02 Å². The van der Waals surface area contributed by atoms with Gasteiger partial charge in [0.2, 0.25) is 5.91 Å². The largest absolute Gasteiger partial charge is 0.465 e. The molecular weight excluding hydrogens is 388 g/mol. The molecule has 0 aromatic heterocycles. The van der Waals surface area contributed by atoms with Crippen LogP contribution in [-0.4, -0.2) is 36.5 Å². The summed E-state index contributed by atoms with van der Waals surface area (Å²) in [5.41, 5.74) is 2.76. The second kappa shape index (κ2) is 9.90. The molecule has 0 bridgehead atoms. The van der Waals surface area contributed by atoms with E-state index in [4.69, 9.17) is 16.3 Å². The van der Waals surface area contributed by atoms with E-state index in [1.54, 1.807) is 12.1 Å². The molecule has 1 saturated heterocycles. The normalized spacial score (nSPS) is 17.4. The zero-order valence-corrected chi connectivity index (χ0v) is 17.6. The molecule has 1 N–H and O–H groups in total. The number of nitrogens with zero attached hydrogens (tertiary/aromatic N) is 1. The third-order valence-corrected chi connectivity index (χ3v) is 5.75. The van der Waals surface area contributed by atoms with Crippen molar-refractivity contribution in [2.24, 2.45) is 0 Å². The standard InChI is InChI=1S/C23H27ClN2O3/c1-16(18-7-9-20(24)10-8-18)26-21(11-12-22(26)27)13-14-25-15-17-3-5-19(6-4-17)23(28)29-2/h3-10,16,21,25H,11-15H2,1-2H3. The Bertz CT molecular complexity index is 836. The van der Waals surface area contributed by atoms with Crippen LogP contribution in [-0.2, 0) is 16.1 Å². The quantitative estimate of drug-likeness (QED) is 0.515. The molecule has 0 aliphatic carbocycles. The van der Waals surface area contributed by atoms with E-state index in [-0.39, 0.29) is 24.0 Å². The minimum absolute atomic E-state index is 0.0399. The van der Waals surface area contributed by atoms with Crippen LogP contribution < -0.4 is 5.32 Å². The summed E-state index contributed by atoms with van der Waals surface area (Å²) in [6, 6.07) is 15.4. The van der Waals surface area contributed by atoms with Crippen LogP contribution in [0.5, 0.6) is 0 Å². The molecule has 2 atom stereocenters. The predicted octanol–water partition coefficient (Wildman–Crippen LogP) is 4.36. The van der Waals surface area contributed by atoms with Crippen molar-refractivity contribution in [2.45, 2.75) is 44.8 Å². The third kappa shape index (κ3) is 5.37. The Morgan fingerprint density at radius 2 is 1.90 bits per heavy atom. The number of hydrogen-bond acceptors (Lipinski definition) is 4. The fourth-order valence-corrected chi connectivity index (χ4v) is 3.98. The van der Waals surface area contributed by atoms with Crippen molar-refractivity contribution >= 4 is 23.5 Å². The molecular formula is C23H27ClN2O3. The van der Waals surface area contributed by atoms with Crippen molar-refractivity contribution in [2.75, 3.05) is 13.7 Å². The topological polar surface area (TPSA) is 58.6 Å². The Kier molecular flexibility index (Phi) is 7.29. The van der Waals surface area contributed by atoms with Gasteiger partial charge in [-0.25, -0.2) is 4.79 Å². The van der Waals surface area contributed by atoms with Crippen LogP contribution in [0.15, 0.2) is 48.5 Å². The van der Waals surface area contributed by atoms with Crippen molar-refractivity contribution in [1.29, 1.82) is 0 Å². The van der Waals surface area contributed by atoms with Gasteiger partial charge in [0.15, 0.2) is 0 Å². The number of esters is 1. The number of amides is 1. The van der Waals surface area contributed by atoms with Gasteiger partial charge in [0.05, 0.1) is 18.7 Å². The molecule has 1 aliphatic rings. The summed E-state index contributed by atoms with van der Waals surface area (Å²) in [7, 11) is 1.38. The Hall–Kier alpha value is -2.37. The van der Waals surface area contributed by atoms with Crippen molar-refractivity contribution in [3.8, 4) is 0 Å². The molecule has 6 heteroatoms. The number of halogens is 1. The lowest BCUT2D eigenvalue weighted by molar-refractivity contribution is -0.131. The Morgan fingerprint density at radius 3 is 2.55 bits per heavy atom. The fourth-order valence-electron chi connectivity index (χ4n) is 3.86. The second-order valence-corrected chi connectivity index (χ2v) is 7.81. The zero-order chi connectivity index (χ0) is 20.8. The maximum Gasteiger partial charge on any atom is 0.337 e. The number of hydrogen-bond donors (Lipinski definition) is 1. The van der Waals surface area contributed by atoms with E-state index in [0.29, 0.717) is 17.0 Å². The molecule has 5 nitrogen and oxygen atoms in total. The lowest BCUT2D eigenvalue weighted by Crippen LogP contribution is -2.37. The Balaban J connectivity index is 1.51. The van der Waals surface area contributed by atoms with E-state index in [1.807, 2.05) is 41.3 Å². The molecule has 2 aromatic carbocycles. The van der Waals surface area contributed by atoms with Crippen LogP contribution >= 0.6 is 11.6 Å². The molecule has 2 unspecified atom stereocenters. The van der Waals surface area contributed by atoms with Gasteiger partial charge in [-0.2, -0.15) is 0 Å². The highest BCUT2D eigenvalue weighted by Crippen LogP contribution is 2.32. The predicted molar refractivity (Wildman–Crippen MR) is 114 cm³/mol. The van der Waals surface area contributed by atoms with Gasteiger partial charge in [-0.1, -0.05) is 35.9 Å². The molecule has 1 fully saturated rings. The van der Waals surface area contributed by atoms with E-state index < -0.39 is 0 Å². The lowest BCUT2D eigenvalue weighted by Gasteiger charge is -2.31. The van der Waals surface area contributed by atoms with Gasteiger partial charge in [0.1, 0.15) is 0 Å². The zero-order valence-electron chi connectivity index (χ0n) is 16.9. The molecule has 0 spiro atoms. The molecule has 1 aliphatic heterocycles. The first-order chi connectivity index (χ1) is 14.0. The molecule has 0 saturated carbocycles. The maximum atomic E-state index is 12.5. The van der Waals surface area contributed by atoms with E-state index >= 15 is 0 Å². The Morgan fingerprint density at radius 1 is 1.21 bits per heavy atom. The highest BCUT2D eigenvalue weighted by Gasteiger charge is 2.34. The van der Waals surface area contributed by atoms with Crippen LogP contribution in [0, 0.1) is 0 Å². The van der Waals surface area contributed by atoms with Crippen molar-refractivity contribution < 1.29 is 14.3 Å². The number of carbonyl (C=O) groups excluding carboxylic acids is 2. The first-order valence-electron chi connectivity index (χ1n) is 9.94. The first kappa shape index (κ1) is 21.3. The van der Waals surface area contributed by atoms with E-state index in [0.717, 1.165) is 37.1 Å². The SMILES string of the molecule is COC(=O)c1ccc(CNCCC2CCC(=O)N2C(C)c2ccc(Cl)cc2)cc1. The number of carbonyl (C=O) groups is 2. The summed E-state index contributed by atoms with van der Waals surface area (Å²) >= 11 is 5.99. The van der Waals surface area contributed by atoms with Gasteiger partial charge in [-0.05, 0) is 61.7 Å². The summed E-state index contributed by atoms with van der Waals surface area (Å²) in [4.78, 5) is 26.0. The van der Waals surface area contributed by atoms with Crippen molar-refractivity contribution in [1.82, 2.24) is 10.2 Å². The number of likely N-dealkylation sites (tertiary alicyclic amines) is 1. The number of ether oxygens (including phenoxy) is 1. The second-order valence-electron chi connectivity index (χ2n) is 7.37. The van der Waals surface area contributed by atoms with Crippen molar-refractivity contribution in [3.05, 3.63) is 70.2 Å². The van der Waals surface area contributed by atoms with Gasteiger partial charge in [-0.3, -0.25) is 4.79 Å². The van der Waals surface area contributed by atoms with Gasteiger partial charge < -0.3 is 15.0 Å². The minimum Gasteiger partial charge on any atom is -0.465 e. The van der Waals surface area contributed by atoms with Crippen LogP contribution in [0.4, 0.5) is 0 Å². The van der Waals surface area contributed by atoms with Gasteiger partial charge in [0.25, 0.3) is 0 Å². The van der Waals surface area contributed by atoms with Crippen LogP contribution in [0.1, 0.15) is 53.7 Å². The molecule has 154 valence electrons. The first-order valence-corrected chi connectivity index (χ1v) is 10.3. The van der Waals surface area contributed by atoms with E-state index in [1.165, 1.54) is 7.11 Å². The average molecular weight is 415 g/mol. The molecule has 1 heterocycles. The highest BCUT2D eigenvalue weighted by atomic mass is 35.5. The summed E-state index contributed by atoms with van der Waals surface area (Å²) < 4.78 is 4.71. The minimum atomic E-state index is -0.328. The lowest BCUT2D eigenvalue weighted by atomic mass is 10.0. The number of benzene rings is 2. The number of methoxy groups -OCH3 is 1. The van der Waals surface area contributed by atoms with Crippen LogP contribution in [0.3, 0.4) is 0 Å². The van der Waals surface area contributed by atoms with Gasteiger partial charge >= 0.3 is 5.97 Å². The van der Waals surface area contributed by atoms with Gasteiger partial charge in [-0.15, -0.1) is 0 Å². The van der Waals surface area contributed by atoms with E-state index in [9.17, 15) is 9.59 Å². The monoisotopic (exact) mass is 414 g/mol. The number of rotatable bonds is 8. The van der Waals surface area contributed by atoms with Crippen LogP contribution in [0.25, 0.3) is 0 Å². The molecule has 29 heavy (non-hydrogen) atoms. The highest BCUT2D eigenvalue weighted by molar-refractivity contribution is 6.30. The average Bonchev–Trinajstić information content (AvgIpc) is 3.11. The summed E-state index contributed by atoms with van der Waals surface area (Å²) in [6.07, 6.45) is 2.41. The smallest absolute Gasteiger partial charge is 0.337 e. The fraction of sp³-hybridized carbons (Fsp3) is 0.391. The molecule has 0 radical (unpaired) electrons. The van der Waals surface area contributed by atoms with Gasteiger partial charge in [0, 0.05) is 24.0 Å². The maximum absolute atomic E-state index is 12.5.